The predicted molar refractivity (Wildman–Crippen MR) is 52.4 cm³/mol. The van der Waals surface area contributed by atoms with E-state index in [4.69, 9.17) is 5.11 Å². The lowest BCUT2D eigenvalue weighted by Crippen LogP contribution is -1.84. The van der Waals surface area contributed by atoms with Crippen LogP contribution in [0.2, 0.25) is 0 Å². The Bertz CT molecular complexity index is 368. The fourth-order valence-corrected chi connectivity index (χ4v) is 1.79. The summed E-state index contributed by atoms with van der Waals surface area (Å²) < 4.78 is 0. The van der Waals surface area contributed by atoms with Crippen molar-refractivity contribution in [1.29, 1.82) is 0 Å². The molecule has 1 heteroatoms. The van der Waals surface area contributed by atoms with Crippen molar-refractivity contribution in [3.63, 3.8) is 0 Å². The lowest BCUT2D eigenvalue weighted by Gasteiger charge is -1.98. The van der Waals surface area contributed by atoms with Gasteiger partial charge in [-0.2, -0.15) is 0 Å². The van der Waals surface area contributed by atoms with E-state index in [0.29, 0.717) is 0 Å². The van der Waals surface area contributed by atoms with Crippen molar-refractivity contribution in [2.24, 2.45) is 0 Å². The molecule has 0 saturated heterocycles. The Morgan fingerprint density at radius 2 is 2.08 bits per heavy atom. The van der Waals surface area contributed by atoms with Gasteiger partial charge in [0.05, 0.1) is 0 Å². The van der Waals surface area contributed by atoms with Crippen LogP contribution in [0.3, 0.4) is 0 Å². The minimum absolute atomic E-state index is 0.0584. The molecule has 13 heavy (non-hydrogen) atoms. The molecule has 0 bridgehead atoms. The summed E-state index contributed by atoms with van der Waals surface area (Å²) in [7, 11) is 0. The second-order valence-electron chi connectivity index (χ2n) is 3.30. The van der Waals surface area contributed by atoms with Gasteiger partial charge in [0, 0.05) is 5.56 Å². The van der Waals surface area contributed by atoms with E-state index in [2.05, 4.69) is 24.0 Å². The van der Waals surface area contributed by atoms with Crippen LogP contribution in [0.4, 0.5) is 0 Å². The van der Waals surface area contributed by atoms with Crippen molar-refractivity contribution in [1.82, 2.24) is 0 Å². The number of fused-ring (bicyclic) bond motifs is 1. The summed E-state index contributed by atoms with van der Waals surface area (Å²) in [5.74, 6) is 5.59. The molecule has 1 aromatic rings. The molecule has 0 amide bonds. The van der Waals surface area contributed by atoms with Crippen LogP contribution in [0, 0.1) is 11.8 Å². The molecule has 0 fully saturated rings. The quantitative estimate of drug-likeness (QED) is 0.588. The molecule has 1 aromatic carbocycles. The number of aryl methyl sites for hydroxylation is 2. The van der Waals surface area contributed by atoms with E-state index in [9.17, 15) is 0 Å². The smallest absolute Gasteiger partial charge is 0.104 e. The van der Waals surface area contributed by atoms with Crippen molar-refractivity contribution < 1.29 is 5.11 Å². The number of hydrogen-bond acceptors (Lipinski definition) is 1. The molecule has 1 aliphatic carbocycles. The lowest BCUT2D eigenvalue weighted by molar-refractivity contribution is 0.350. The lowest BCUT2D eigenvalue weighted by atomic mass is 10.1. The number of benzene rings is 1. The first-order valence-electron chi connectivity index (χ1n) is 4.61. The molecule has 0 atom stereocenters. The molecule has 1 N–H and O–H groups in total. The van der Waals surface area contributed by atoms with Gasteiger partial charge in [-0.25, -0.2) is 0 Å². The third-order valence-corrected chi connectivity index (χ3v) is 2.41. The molecule has 66 valence electrons. The van der Waals surface area contributed by atoms with E-state index < -0.39 is 0 Å². The largest absolute Gasteiger partial charge is 0.384 e. The van der Waals surface area contributed by atoms with Crippen LogP contribution in [0.5, 0.6) is 0 Å². The summed E-state index contributed by atoms with van der Waals surface area (Å²) >= 11 is 0. The fraction of sp³-hybridized carbons (Fsp3) is 0.333. The molecular weight excluding hydrogens is 160 g/mol. The molecule has 0 saturated carbocycles. The second-order valence-corrected chi connectivity index (χ2v) is 3.30. The van der Waals surface area contributed by atoms with E-state index in [1.807, 2.05) is 6.07 Å². The topological polar surface area (TPSA) is 20.2 Å². The van der Waals surface area contributed by atoms with Crippen molar-refractivity contribution in [3.05, 3.63) is 34.9 Å². The fourth-order valence-electron chi connectivity index (χ4n) is 1.79. The predicted octanol–water partition coefficient (Wildman–Crippen LogP) is 1.52. The highest BCUT2D eigenvalue weighted by Gasteiger charge is 2.09. The minimum atomic E-state index is -0.0584. The first-order chi connectivity index (χ1) is 6.40. The summed E-state index contributed by atoms with van der Waals surface area (Å²) in [6.07, 6.45) is 3.67. The van der Waals surface area contributed by atoms with Gasteiger partial charge in [0.1, 0.15) is 6.61 Å². The Morgan fingerprint density at radius 1 is 1.23 bits per heavy atom. The molecule has 1 nitrogen and oxygen atoms in total. The van der Waals surface area contributed by atoms with Gasteiger partial charge in [-0.15, -0.1) is 0 Å². The standard InChI is InChI=1S/C12H12O/c13-8-2-3-10-6-7-11-4-1-5-12(11)9-10/h6-7,9,13H,1,4-5,8H2. The molecule has 0 unspecified atom stereocenters. The SMILES string of the molecule is OCC#Cc1ccc2c(c1)CCC2. The Hall–Kier alpha value is -1.26. The zero-order chi connectivity index (χ0) is 9.10. The third-order valence-electron chi connectivity index (χ3n) is 2.41. The van der Waals surface area contributed by atoms with Gasteiger partial charge >= 0.3 is 0 Å². The van der Waals surface area contributed by atoms with Gasteiger partial charge in [0.2, 0.25) is 0 Å². The van der Waals surface area contributed by atoms with Gasteiger partial charge in [-0.05, 0) is 42.5 Å². The zero-order valence-electron chi connectivity index (χ0n) is 7.51. The first kappa shape index (κ1) is 8.34. The highest BCUT2D eigenvalue weighted by Crippen LogP contribution is 2.22. The summed E-state index contributed by atoms with van der Waals surface area (Å²) in [5.41, 5.74) is 3.92. The summed E-state index contributed by atoms with van der Waals surface area (Å²) in [6.45, 7) is -0.0584. The first-order valence-corrected chi connectivity index (χ1v) is 4.61. The number of rotatable bonds is 0. The molecule has 0 spiro atoms. The van der Waals surface area contributed by atoms with Crippen LogP contribution in [0.25, 0.3) is 0 Å². The van der Waals surface area contributed by atoms with Crippen molar-refractivity contribution in [3.8, 4) is 11.8 Å². The highest BCUT2D eigenvalue weighted by atomic mass is 16.2. The van der Waals surface area contributed by atoms with Gasteiger partial charge in [0.15, 0.2) is 0 Å². The normalized spacial score (nSPS) is 13.3. The Morgan fingerprint density at radius 3 is 2.92 bits per heavy atom. The minimum Gasteiger partial charge on any atom is -0.384 e. The number of hydrogen-bond donors (Lipinski definition) is 1. The molecule has 1 aliphatic rings. The van der Waals surface area contributed by atoms with Gasteiger partial charge < -0.3 is 5.11 Å². The second kappa shape index (κ2) is 3.64. The highest BCUT2D eigenvalue weighted by molar-refractivity contribution is 5.42. The van der Waals surface area contributed by atoms with Crippen LogP contribution in [0.1, 0.15) is 23.1 Å². The Labute approximate surface area is 78.4 Å². The monoisotopic (exact) mass is 172 g/mol. The van der Waals surface area contributed by atoms with Crippen molar-refractivity contribution in [2.75, 3.05) is 6.61 Å². The Kier molecular flexibility index (Phi) is 2.33. The molecule has 2 rings (SSSR count). The number of aliphatic hydroxyl groups is 1. The van der Waals surface area contributed by atoms with Crippen LogP contribution in [-0.2, 0) is 12.8 Å². The van der Waals surface area contributed by atoms with Crippen LogP contribution < -0.4 is 0 Å². The van der Waals surface area contributed by atoms with E-state index in [1.165, 1.54) is 30.4 Å². The molecule has 0 aliphatic heterocycles. The van der Waals surface area contributed by atoms with E-state index >= 15 is 0 Å². The van der Waals surface area contributed by atoms with Crippen molar-refractivity contribution >= 4 is 0 Å². The van der Waals surface area contributed by atoms with Crippen LogP contribution >= 0.6 is 0 Å². The maximum atomic E-state index is 8.55. The maximum absolute atomic E-state index is 8.55. The number of aliphatic hydroxyl groups excluding tert-OH is 1. The average Bonchev–Trinajstić information content (AvgIpc) is 2.61. The van der Waals surface area contributed by atoms with Crippen molar-refractivity contribution in [2.45, 2.75) is 19.3 Å². The van der Waals surface area contributed by atoms with Crippen LogP contribution in [-0.4, -0.2) is 11.7 Å². The summed E-state index contributed by atoms with van der Waals surface area (Å²) in [6, 6.07) is 6.33. The molecule has 0 heterocycles. The molecule has 0 radical (unpaired) electrons. The van der Waals surface area contributed by atoms with Gasteiger partial charge in [0.25, 0.3) is 0 Å². The maximum Gasteiger partial charge on any atom is 0.104 e. The van der Waals surface area contributed by atoms with E-state index in [-0.39, 0.29) is 6.61 Å². The summed E-state index contributed by atoms with van der Waals surface area (Å²) in [5, 5.41) is 8.55. The third kappa shape index (κ3) is 1.74. The van der Waals surface area contributed by atoms with Crippen LogP contribution in [0.15, 0.2) is 18.2 Å². The molecule has 0 aromatic heterocycles. The zero-order valence-corrected chi connectivity index (χ0v) is 7.51. The van der Waals surface area contributed by atoms with E-state index in [0.717, 1.165) is 5.56 Å². The van der Waals surface area contributed by atoms with E-state index in [1.54, 1.807) is 0 Å². The summed E-state index contributed by atoms with van der Waals surface area (Å²) in [4.78, 5) is 0. The Balaban J connectivity index is 2.31. The molecular formula is C12H12O. The van der Waals surface area contributed by atoms with Gasteiger partial charge in [-0.3, -0.25) is 0 Å². The average molecular weight is 172 g/mol. The van der Waals surface area contributed by atoms with Gasteiger partial charge in [-0.1, -0.05) is 17.9 Å².